The number of pyridine rings is 1. The first-order valence-corrected chi connectivity index (χ1v) is 5.53. The molecule has 0 fully saturated rings. The van der Waals surface area contributed by atoms with E-state index in [2.05, 4.69) is 15.3 Å². The molecule has 2 heterocycles. The van der Waals surface area contributed by atoms with E-state index in [0.717, 1.165) is 33.0 Å². The second kappa shape index (κ2) is 3.94. The largest absolute Gasteiger partial charge is 0.327 e. The standard InChI is InChI=1S/C10H11N3OS/c1-3-7-8(12-5-14)4-11-10-9(7)13-6(2)15-10/h4-5H,3H2,1-2H3,(H,12,14). The molecule has 1 N–H and O–H groups in total. The summed E-state index contributed by atoms with van der Waals surface area (Å²) in [7, 11) is 0. The second-order valence-corrected chi connectivity index (χ2v) is 4.33. The summed E-state index contributed by atoms with van der Waals surface area (Å²) in [5, 5.41) is 3.65. The normalized spacial score (nSPS) is 10.5. The van der Waals surface area contributed by atoms with Crippen molar-refractivity contribution in [2.24, 2.45) is 0 Å². The first-order valence-electron chi connectivity index (χ1n) is 4.71. The number of rotatable bonds is 3. The van der Waals surface area contributed by atoms with Crippen LogP contribution in [0, 0.1) is 6.92 Å². The zero-order valence-corrected chi connectivity index (χ0v) is 9.39. The number of nitrogens with one attached hydrogen (secondary N) is 1. The SMILES string of the molecule is CCc1c(NC=O)cnc2sc(C)nc12. The molecule has 1 amide bonds. The number of anilines is 1. The molecule has 78 valence electrons. The third-order valence-electron chi connectivity index (χ3n) is 2.21. The van der Waals surface area contributed by atoms with E-state index in [1.807, 2.05) is 13.8 Å². The van der Waals surface area contributed by atoms with E-state index in [1.165, 1.54) is 0 Å². The van der Waals surface area contributed by atoms with E-state index in [4.69, 9.17) is 0 Å². The van der Waals surface area contributed by atoms with E-state index < -0.39 is 0 Å². The van der Waals surface area contributed by atoms with Crippen molar-refractivity contribution in [1.82, 2.24) is 9.97 Å². The van der Waals surface area contributed by atoms with Crippen molar-refractivity contribution in [2.45, 2.75) is 20.3 Å². The summed E-state index contributed by atoms with van der Waals surface area (Å²) in [6.45, 7) is 4.00. The molecule has 0 saturated heterocycles. The van der Waals surface area contributed by atoms with Gasteiger partial charge in [-0.15, -0.1) is 0 Å². The highest BCUT2D eigenvalue weighted by molar-refractivity contribution is 7.18. The van der Waals surface area contributed by atoms with Crippen molar-refractivity contribution < 1.29 is 4.79 Å². The number of carbonyl (C=O) groups excluding carboxylic acids is 1. The first-order chi connectivity index (χ1) is 7.26. The van der Waals surface area contributed by atoms with Crippen LogP contribution in [0.2, 0.25) is 0 Å². The molecular weight excluding hydrogens is 210 g/mol. The second-order valence-electron chi connectivity index (χ2n) is 3.15. The Hall–Kier alpha value is -1.49. The summed E-state index contributed by atoms with van der Waals surface area (Å²) in [6, 6.07) is 0. The molecule has 0 spiro atoms. The molecule has 4 nitrogen and oxygen atoms in total. The molecule has 0 aromatic carbocycles. The number of carbonyl (C=O) groups is 1. The third-order valence-corrected chi connectivity index (χ3v) is 3.08. The van der Waals surface area contributed by atoms with Gasteiger partial charge in [0, 0.05) is 5.56 Å². The lowest BCUT2D eigenvalue weighted by molar-refractivity contribution is -0.105. The zero-order chi connectivity index (χ0) is 10.8. The molecule has 5 heteroatoms. The Bertz CT molecular complexity index is 507. The van der Waals surface area contributed by atoms with Crippen LogP contribution in [0.4, 0.5) is 5.69 Å². The van der Waals surface area contributed by atoms with Crippen molar-refractivity contribution in [3.05, 3.63) is 16.8 Å². The average Bonchev–Trinajstić information content (AvgIpc) is 2.58. The minimum absolute atomic E-state index is 0.668. The molecule has 2 aromatic rings. The number of nitrogens with zero attached hydrogens (tertiary/aromatic N) is 2. The average molecular weight is 221 g/mol. The molecular formula is C10H11N3OS. The fourth-order valence-electron chi connectivity index (χ4n) is 1.57. The van der Waals surface area contributed by atoms with Crippen molar-refractivity contribution in [2.75, 3.05) is 5.32 Å². The van der Waals surface area contributed by atoms with Crippen LogP contribution in [0.25, 0.3) is 10.3 Å². The maximum atomic E-state index is 10.4. The number of thiazole rings is 1. The Kier molecular flexibility index (Phi) is 2.64. The fraction of sp³-hybridized carbons (Fsp3) is 0.300. The number of hydrogen-bond donors (Lipinski definition) is 1. The van der Waals surface area contributed by atoms with Gasteiger partial charge in [-0.25, -0.2) is 9.97 Å². The van der Waals surface area contributed by atoms with Crippen LogP contribution < -0.4 is 5.32 Å². The fourth-order valence-corrected chi connectivity index (χ4v) is 2.36. The molecule has 0 aliphatic rings. The molecule has 0 aliphatic carbocycles. The third kappa shape index (κ3) is 1.70. The van der Waals surface area contributed by atoms with Gasteiger partial charge in [0.25, 0.3) is 0 Å². The van der Waals surface area contributed by atoms with Crippen LogP contribution in [-0.2, 0) is 11.2 Å². The summed E-state index contributed by atoms with van der Waals surface area (Å²) in [4.78, 5) is 20.0. The molecule has 2 rings (SSSR count). The highest BCUT2D eigenvalue weighted by atomic mass is 32.1. The highest BCUT2D eigenvalue weighted by Gasteiger charge is 2.10. The van der Waals surface area contributed by atoms with Gasteiger partial charge in [-0.1, -0.05) is 18.3 Å². The Labute approximate surface area is 91.4 Å². The zero-order valence-electron chi connectivity index (χ0n) is 8.57. The van der Waals surface area contributed by atoms with E-state index in [1.54, 1.807) is 17.5 Å². The van der Waals surface area contributed by atoms with Gasteiger partial charge >= 0.3 is 0 Å². The Morgan fingerprint density at radius 3 is 3.07 bits per heavy atom. The van der Waals surface area contributed by atoms with Crippen LogP contribution in [0.3, 0.4) is 0 Å². The predicted octanol–water partition coefficient (Wildman–Crippen LogP) is 2.13. The minimum atomic E-state index is 0.668. The number of hydrogen-bond acceptors (Lipinski definition) is 4. The van der Waals surface area contributed by atoms with Crippen molar-refractivity contribution in [1.29, 1.82) is 0 Å². The maximum Gasteiger partial charge on any atom is 0.211 e. The van der Waals surface area contributed by atoms with Gasteiger partial charge in [-0.3, -0.25) is 4.79 Å². The summed E-state index contributed by atoms with van der Waals surface area (Å²) in [5.41, 5.74) is 2.72. The minimum Gasteiger partial charge on any atom is -0.327 e. The van der Waals surface area contributed by atoms with Crippen LogP contribution in [0.1, 0.15) is 17.5 Å². The topological polar surface area (TPSA) is 54.9 Å². The van der Waals surface area contributed by atoms with Crippen LogP contribution in [0.15, 0.2) is 6.20 Å². The number of fused-ring (bicyclic) bond motifs is 1. The molecule has 0 atom stereocenters. The highest BCUT2D eigenvalue weighted by Crippen LogP contribution is 2.27. The molecule has 0 aliphatic heterocycles. The van der Waals surface area contributed by atoms with Gasteiger partial charge < -0.3 is 5.32 Å². The number of aromatic nitrogens is 2. The monoisotopic (exact) mass is 221 g/mol. The summed E-state index contributed by atoms with van der Waals surface area (Å²) in [5.74, 6) is 0. The Balaban J connectivity index is 2.68. The van der Waals surface area contributed by atoms with Gasteiger partial charge in [0.15, 0.2) is 0 Å². The number of aryl methyl sites for hydroxylation is 2. The predicted molar refractivity (Wildman–Crippen MR) is 61.2 cm³/mol. The van der Waals surface area contributed by atoms with Crippen molar-refractivity contribution >= 4 is 33.8 Å². The lowest BCUT2D eigenvalue weighted by Crippen LogP contribution is -1.99. The van der Waals surface area contributed by atoms with Crippen molar-refractivity contribution in [3.63, 3.8) is 0 Å². The summed E-state index contributed by atoms with van der Waals surface area (Å²) < 4.78 is 0. The van der Waals surface area contributed by atoms with Crippen LogP contribution >= 0.6 is 11.3 Å². The quantitative estimate of drug-likeness (QED) is 0.808. The summed E-state index contributed by atoms with van der Waals surface area (Å²) in [6.07, 6.45) is 3.19. The molecule has 0 radical (unpaired) electrons. The van der Waals surface area contributed by atoms with Gasteiger partial charge in [0.05, 0.1) is 16.9 Å². The Morgan fingerprint density at radius 1 is 1.60 bits per heavy atom. The smallest absolute Gasteiger partial charge is 0.211 e. The van der Waals surface area contributed by atoms with Gasteiger partial charge in [-0.2, -0.15) is 0 Å². The molecule has 15 heavy (non-hydrogen) atoms. The first kappa shape index (κ1) is 10.0. The van der Waals surface area contributed by atoms with Gasteiger partial charge in [0.2, 0.25) is 6.41 Å². The van der Waals surface area contributed by atoms with Gasteiger partial charge in [-0.05, 0) is 13.3 Å². The van der Waals surface area contributed by atoms with E-state index >= 15 is 0 Å². The maximum absolute atomic E-state index is 10.4. The molecule has 0 bridgehead atoms. The van der Waals surface area contributed by atoms with E-state index in [-0.39, 0.29) is 0 Å². The molecule has 0 saturated carbocycles. The lowest BCUT2D eigenvalue weighted by atomic mass is 10.1. The molecule has 0 unspecified atom stereocenters. The Morgan fingerprint density at radius 2 is 2.40 bits per heavy atom. The van der Waals surface area contributed by atoms with Crippen LogP contribution in [0.5, 0.6) is 0 Å². The number of amides is 1. The summed E-state index contributed by atoms with van der Waals surface area (Å²) >= 11 is 1.57. The molecule has 2 aromatic heterocycles. The van der Waals surface area contributed by atoms with Crippen molar-refractivity contribution in [3.8, 4) is 0 Å². The lowest BCUT2D eigenvalue weighted by Gasteiger charge is -2.05. The van der Waals surface area contributed by atoms with Crippen LogP contribution in [-0.4, -0.2) is 16.4 Å². The van der Waals surface area contributed by atoms with E-state index in [0.29, 0.717) is 6.41 Å². The van der Waals surface area contributed by atoms with Gasteiger partial charge in [0.1, 0.15) is 10.3 Å². The van der Waals surface area contributed by atoms with E-state index in [9.17, 15) is 4.79 Å².